The van der Waals surface area contributed by atoms with Gasteiger partial charge in [-0.1, -0.05) is 12.8 Å². The Hall–Kier alpha value is -2.04. The Kier molecular flexibility index (Phi) is 5.13. The molecule has 0 saturated heterocycles. The zero-order valence-corrected chi connectivity index (χ0v) is 11.9. The summed E-state index contributed by atoms with van der Waals surface area (Å²) in [4.78, 5) is 10.9. The molecule has 0 saturated carbocycles. The van der Waals surface area contributed by atoms with E-state index in [1.165, 1.54) is 19.2 Å². The summed E-state index contributed by atoms with van der Waals surface area (Å²) in [7, 11) is -2.57. The Morgan fingerprint density at radius 3 is 2.65 bits per heavy atom. The van der Waals surface area contributed by atoms with E-state index in [-0.39, 0.29) is 16.2 Å². The molecule has 0 radical (unpaired) electrons. The van der Waals surface area contributed by atoms with Crippen molar-refractivity contribution in [2.24, 2.45) is 0 Å². The number of sulfonamides is 1. The number of carboxylic acid groups (broad SMARTS) is 1. The molecule has 0 aliphatic carbocycles. The van der Waals surface area contributed by atoms with E-state index in [0.717, 1.165) is 6.07 Å². The van der Waals surface area contributed by atoms with Gasteiger partial charge >= 0.3 is 5.97 Å². The lowest BCUT2D eigenvalue weighted by molar-refractivity contribution is 0.0693. The fourth-order valence-electron chi connectivity index (χ4n) is 1.51. The molecule has 108 valence electrons. The molecule has 0 bridgehead atoms. The van der Waals surface area contributed by atoms with Crippen LogP contribution in [0.4, 0.5) is 0 Å². The van der Waals surface area contributed by atoms with Gasteiger partial charge in [-0.25, -0.2) is 13.2 Å². The number of aromatic carboxylic acids is 1. The molecule has 0 amide bonds. The van der Waals surface area contributed by atoms with Crippen LogP contribution in [0.1, 0.15) is 23.7 Å². The molecule has 7 heteroatoms. The Labute approximate surface area is 117 Å². The van der Waals surface area contributed by atoms with Crippen LogP contribution in [-0.4, -0.2) is 32.6 Å². The van der Waals surface area contributed by atoms with Crippen molar-refractivity contribution in [2.45, 2.75) is 24.3 Å². The van der Waals surface area contributed by atoms with E-state index in [1.807, 2.05) is 0 Å². The molecule has 6 nitrogen and oxygen atoms in total. The van der Waals surface area contributed by atoms with Gasteiger partial charge in [-0.2, -0.15) is 4.72 Å². The molecule has 1 aromatic rings. The number of rotatable bonds is 6. The Bertz CT molecular complexity index is 645. The van der Waals surface area contributed by atoms with Crippen LogP contribution in [0.15, 0.2) is 23.1 Å². The van der Waals surface area contributed by atoms with Gasteiger partial charge in [0.05, 0.1) is 18.0 Å². The van der Waals surface area contributed by atoms with Gasteiger partial charge < -0.3 is 9.84 Å². The van der Waals surface area contributed by atoms with E-state index in [9.17, 15) is 13.2 Å². The number of terminal acetylenes is 1. The second kappa shape index (κ2) is 6.41. The number of benzene rings is 1. The standard InChI is InChI=1S/C13H15NO5S/c1-4-9(5-2)14-20(17,18)10-6-7-12(19-3)11(8-10)13(15)16/h1,6-9,14H,5H2,2-3H3,(H,15,16). The van der Waals surface area contributed by atoms with E-state index in [4.69, 9.17) is 16.3 Å². The second-order valence-electron chi connectivity index (χ2n) is 3.92. The van der Waals surface area contributed by atoms with Gasteiger partial charge in [-0.05, 0) is 24.6 Å². The first-order chi connectivity index (χ1) is 9.35. The van der Waals surface area contributed by atoms with Gasteiger partial charge in [0, 0.05) is 0 Å². The predicted octanol–water partition coefficient (Wildman–Crippen LogP) is 1.08. The maximum absolute atomic E-state index is 12.1. The third-order valence-electron chi connectivity index (χ3n) is 2.62. The first-order valence-electron chi connectivity index (χ1n) is 5.75. The van der Waals surface area contributed by atoms with E-state index in [2.05, 4.69) is 10.6 Å². The number of hydrogen-bond donors (Lipinski definition) is 2. The number of hydrogen-bond acceptors (Lipinski definition) is 4. The van der Waals surface area contributed by atoms with Crippen LogP contribution in [0.2, 0.25) is 0 Å². The van der Waals surface area contributed by atoms with Gasteiger partial charge in [0.1, 0.15) is 11.3 Å². The van der Waals surface area contributed by atoms with Crippen LogP contribution < -0.4 is 9.46 Å². The van der Waals surface area contributed by atoms with Crippen molar-refractivity contribution in [1.82, 2.24) is 4.72 Å². The molecule has 2 N–H and O–H groups in total. The molecule has 0 heterocycles. The number of ether oxygens (including phenoxy) is 1. The molecule has 1 unspecified atom stereocenters. The fourth-order valence-corrected chi connectivity index (χ4v) is 2.78. The number of carbonyl (C=O) groups is 1. The minimum Gasteiger partial charge on any atom is -0.496 e. The largest absolute Gasteiger partial charge is 0.496 e. The van der Waals surface area contributed by atoms with Crippen molar-refractivity contribution in [1.29, 1.82) is 0 Å². The van der Waals surface area contributed by atoms with E-state index < -0.39 is 22.0 Å². The highest BCUT2D eigenvalue weighted by Crippen LogP contribution is 2.22. The summed E-state index contributed by atoms with van der Waals surface area (Å²) >= 11 is 0. The summed E-state index contributed by atoms with van der Waals surface area (Å²) in [6.07, 6.45) is 5.63. The quantitative estimate of drug-likeness (QED) is 0.767. The number of methoxy groups -OCH3 is 1. The van der Waals surface area contributed by atoms with Crippen LogP contribution in [0.25, 0.3) is 0 Å². The van der Waals surface area contributed by atoms with Crippen molar-refractivity contribution in [3.8, 4) is 18.1 Å². The molecule has 0 aliphatic heterocycles. The minimum absolute atomic E-state index is 0.0837. The van der Waals surface area contributed by atoms with Crippen molar-refractivity contribution < 1.29 is 23.1 Å². The highest BCUT2D eigenvalue weighted by molar-refractivity contribution is 7.89. The first-order valence-corrected chi connectivity index (χ1v) is 7.23. The van der Waals surface area contributed by atoms with Crippen molar-refractivity contribution in [3.05, 3.63) is 23.8 Å². The molecule has 1 rings (SSSR count). The Balaban J connectivity index is 3.23. The van der Waals surface area contributed by atoms with Gasteiger partial charge in [0.25, 0.3) is 0 Å². The average Bonchev–Trinajstić information content (AvgIpc) is 2.43. The molecule has 20 heavy (non-hydrogen) atoms. The highest BCUT2D eigenvalue weighted by atomic mass is 32.2. The van der Waals surface area contributed by atoms with Crippen molar-refractivity contribution in [2.75, 3.05) is 7.11 Å². The summed E-state index contributed by atoms with van der Waals surface area (Å²) in [5.41, 5.74) is -0.232. The normalized spacial score (nSPS) is 12.4. The summed E-state index contributed by atoms with van der Waals surface area (Å²) in [5, 5.41) is 9.03. The molecule has 1 aromatic carbocycles. The zero-order chi connectivity index (χ0) is 15.3. The molecule has 0 aliphatic rings. The molecule has 0 spiro atoms. The maximum Gasteiger partial charge on any atom is 0.339 e. The lowest BCUT2D eigenvalue weighted by Gasteiger charge is -2.13. The van der Waals surface area contributed by atoms with Crippen LogP contribution in [-0.2, 0) is 10.0 Å². The smallest absolute Gasteiger partial charge is 0.339 e. The summed E-state index contributed by atoms with van der Waals surface area (Å²) < 4.78 is 31.4. The molecule has 1 atom stereocenters. The predicted molar refractivity (Wildman–Crippen MR) is 73.2 cm³/mol. The fraction of sp³-hybridized carbons (Fsp3) is 0.308. The van der Waals surface area contributed by atoms with E-state index in [1.54, 1.807) is 6.92 Å². The van der Waals surface area contributed by atoms with Gasteiger partial charge in [0.2, 0.25) is 10.0 Å². The van der Waals surface area contributed by atoms with Gasteiger partial charge in [-0.3, -0.25) is 0 Å². The topological polar surface area (TPSA) is 92.7 Å². The Morgan fingerprint density at radius 2 is 2.20 bits per heavy atom. The van der Waals surface area contributed by atoms with Crippen LogP contribution >= 0.6 is 0 Å². The molecular weight excluding hydrogens is 282 g/mol. The lowest BCUT2D eigenvalue weighted by Crippen LogP contribution is -2.33. The third-order valence-corrected chi connectivity index (χ3v) is 4.09. The van der Waals surface area contributed by atoms with E-state index in [0.29, 0.717) is 6.42 Å². The van der Waals surface area contributed by atoms with Crippen LogP contribution in [0, 0.1) is 12.3 Å². The third kappa shape index (κ3) is 3.50. The van der Waals surface area contributed by atoms with Crippen molar-refractivity contribution in [3.63, 3.8) is 0 Å². The van der Waals surface area contributed by atoms with Crippen molar-refractivity contribution >= 4 is 16.0 Å². The van der Waals surface area contributed by atoms with Crippen LogP contribution in [0.3, 0.4) is 0 Å². The summed E-state index contributed by atoms with van der Waals surface area (Å²) in [6, 6.07) is 2.94. The Morgan fingerprint density at radius 1 is 1.55 bits per heavy atom. The minimum atomic E-state index is -3.88. The first kappa shape index (κ1) is 16.0. The van der Waals surface area contributed by atoms with Gasteiger partial charge in [-0.15, -0.1) is 6.42 Å². The maximum atomic E-state index is 12.1. The molecule has 0 aromatic heterocycles. The number of nitrogens with one attached hydrogen (secondary N) is 1. The number of carboxylic acids is 1. The SMILES string of the molecule is C#CC(CC)NS(=O)(=O)c1ccc(OC)c(C(=O)O)c1. The molecule has 0 fully saturated rings. The summed E-state index contributed by atoms with van der Waals surface area (Å²) in [6.45, 7) is 1.74. The zero-order valence-electron chi connectivity index (χ0n) is 11.1. The average molecular weight is 297 g/mol. The van der Waals surface area contributed by atoms with Crippen LogP contribution in [0.5, 0.6) is 5.75 Å². The monoisotopic (exact) mass is 297 g/mol. The van der Waals surface area contributed by atoms with E-state index >= 15 is 0 Å². The van der Waals surface area contributed by atoms with Gasteiger partial charge in [0.15, 0.2) is 0 Å². The second-order valence-corrected chi connectivity index (χ2v) is 5.63. The molecular formula is C13H15NO5S. The lowest BCUT2D eigenvalue weighted by atomic mass is 10.2. The summed E-state index contributed by atoms with van der Waals surface area (Å²) in [5.74, 6) is 1.11. The highest BCUT2D eigenvalue weighted by Gasteiger charge is 2.21.